The summed E-state index contributed by atoms with van der Waals surface area (Å²) in [6, 6.07) is 7.64. The molecule has 2 fully saturated rings. The van der Waals surface area contributed by atoms with Gasteiger partial charge in [-0.1, -0.05) is 12.1 Å². The van der Waals surface area contributed by atoms with E-state index < -0.39 is 0 Å². The Bertz CT molecular complexity index is 620. The number of nitrogens with one attached hydrogen (secondary N) is 2. The summed E-state index contributed by atoms with van der Waals surface area (Å²) < 4.78 is 5.69. The summed E-state index contributed by atoms with van der Waals surface area (Å²) in [6.45, 7) is 6.46. The van der Waals surface area contributed by atoms with Gasteiger partial charge in [0, 0.05) is 31.2 Å². The maximum absolute atomic E-state index is 12.2. The molecule has 2 N–H and O–H groups in total. The van der Waals surface area contributed by atoms with Crippen LogP contribution in [0.15, 0.2) is 24.3 Å². The van der Waals surface area contributed by atoms with E-state index in [2.05, 4.69) is 15.5 Å². The first-order valence-electron chi connectivity index (χ1n) is 9.04. The monoisotopic (exact) mass is 345 g/mol. The first-order valence-corrected chi connectivity index (χ1v) is 9.04. The van der Waals surface area contributed by atoms with Gasteiger partial charge in [-0.2, -0.15) is 0 Å². The van der Waals surface area contributed by atoms with E-state index in [4.69, 9.17) is 4.74 Å². The first kappa shape index (κ1) is 17.9. The van der Waals surface area contributed by atoms with Crippen LogP contribution >= 0.6 is 0 Å². The third-order valence-electron chi connectivity index (χ3n) is 4.49. The summed E-state index contributed by atoms with van der Waals surface area (Å²) in [5, 5.41) is 5.89. The van der Waals surface area contributed by atoms with E-state index in [1.807, 2.05) is 38.1 Å². The molecule has 1 heterocycles. The SMILES string of the molecule is CC1CN(CC(=O)NCc2cccc(NC(=O)C3CC3)c2)CC(C)O1. The lowest BCUT2D eigenvalue weighted by molar-refractivity contribution is -0.126. The van der Waals surface area contributed by atoms with Gasteiger partial charge in [-0.05, 0) is 44.4 Å². The number of benzene rings is 1. The van der Waals surface area contributed by atoms with Gasteiger partial charge < -0.3 is 15.4 Å². The molecule has 6 heteroatoms. The molecule has 2 amide bonds. The zero-order valence-corrected chi connectivity index (χ0v) is 15.0. The van der Waals surface area contributed by atoms with Gasteiger partial charge in [0.05, 0.1) is 18.8 Å². The lowest BCUT2D eigenvalue weighted by Crippen LogP contribution is -2.49. The molecule has 1 aromatic carbocycles. The second-order valence-corrected chi connectivity index (χ2v) is 7.19. The van der Waals surface area contributed by atoms with Gasteiger partial charge in [0.2, 0.25) is 11.8 Å². The van der Waals surface area contributed by atoms with Crippen molar-refractivity contribution in [3.63, 3.8) is 0 Å². The minimum absolute atomic E-state index is 0.00807. The van der Waals surface area contributed by atoms with E-state index in [0.717, 1.165) is 37.2 Å². The molecule has 3 rings (SSSR count). The maximum Gasteiger partial charge on any atom is 0.234 e. The average molecular weight is 345 g/mol. The van der Waals surface area contributed by atoms with Crippen molar-refractivity contribution in [1.29, 1.82) is 0 Å². The number of carbonyl (C=O) groups is 2. The van der Waals surface area contributed by atoms with Crippen LogP contribution in [0.1, 0.15) is 32.3 Å². The Morgan fingerprint density at radius 2 is 1.92 bits per heavy atom. The van der Waals surface area contributed by atoms with Gasteiger partial charge >= 0.3 is 0 Å². The van der Waals surface area contributed by atoms with Crippen LogP contribution in [0.25, 0.3) is 0 Å². The standard InChI is InChI=1S/C19H27N3O3/c1-13-10-22(11-14(2)25-13)12-18(23)20-9-15-4-3-5-17(8-15)21-19(24)16-6-7-16/h3-5,8,13-14,16H,6-7,9-12H2,1-2H3,(H,20,23)(H,21,24). The molecule has 0 bridgehead atoms. The Balaban J connectivity index is 1.46. The number of carbonyl (C=O) groups excluding carboxylic acids is 2. The molecular formula is C19H27N3O3. The molecule has 2 unspecified atom stereocenters. The van der Waals surface area contributed by atoms with E-state index in [0.29, 0.717) is 13.1 Å². The zero-order chi connectivity index (χ0) is 17.8. The highest BCUT2D eigenvalue weighted by atomic mass is 16.5. The highest BCUT2D eigenvalue weighted by Gasteiger charge is 2.29. The molecule has 1 aliphatic heterocycles. The summed E-state index contributed by atoms with van der Waals surface area (Å²) in [5.74, 6) is 0.284. The molecule has 1 aliphatic carbocycles. The minimum atomic E-state index is 0.00807. The van der Waals surface area contributed by atoms with Crippen LogP contribution in [-0.2, 0) is 20.9 Å². The summed E-state index contributed by atoms with van der Waals surface area (Å²) in [7, 11) is 0. The molecular weight excluding hydrogens is 318 g/mol. The van der Waals surface area contributed by atoms with E-state index in [1.165, 1.54) is 0 Å². The van der Waals surface area contributed by atoms with Crippen LogP contribution in [0.2, 0.25) is 0 Å². The van der Waals surface area contributed by atoms with Gasteiger partial charge in [0.15, 0.2) is 0 Å². The predicted molar refractivity (Wildman–Crippen MR) is 96.1 cm³/mol. The molecule has 2 aliphatic rings. The van der Waals surface area contributed by atoms with Crippen molar-refractivity contribution in [2.45, 2.75) is 45.4 Å². The van der Waals surface area contributed by atoms with E-state index in [9.17, 15) is 9.59 Å². The Kier molecular flexibility index (Phi) is 5.71. The van der Waals surface area contributed by atoms with Gasteiger partial charge in [-0.15, -0.1) is 0 Å². The lowest BCUT2D eigenvalue weighted by atomic mass is 10.2. The topological polar surface area (TPSA) is 70.7 Å². The van der Waals surface area contributed by atoms with Crippen LogP contribution in [0, 0.1) is 5.92 Å². The molecule has 2 atom stereocenters. The predicted octanol–water partition coefficient (Wildman–Crippen LogP) is 1.76. The highest BCUT2D eigenvalue weighted by molar-refractivity contribution is 5.94. The second-order valence-electron chi connectivity index (χ2n) is 7.19. The fourth-order valence-electron chi connectivity index (χ4n) is 3.22. The van der Waals surface area contributed by atoms with Gasteiger partial charge in [0.1, 0.15) is 0 Å². The Morgan fingerprint density at radius 1 is 1.20 bits per heavy atom. The number of hydrogen-bond donors (Lipinski definition) is 2. The summed E-state index contributed by atoms with van der Waals surface area (Å²) in [6.07, 6.45) is 2.28. The Labute approximate surface area is 148 Å². The van der Waals surface area contributed by atoms with E-state index in [1.54, 1.807) is 0 Å². The van der Waals surface area contributed by atoms with Crippen LogP contribution in [0.4, 0.5) is 5.69 Å². The van der Waals surface area contributed by atoms with Crippen molar-refractivity contribution in [1.82, 2.24) is 10.2 Å². The van der Waals surface area contributed by atoms with Gasteiger partial charge in [0.25, 0.3) is 0 Å². The zero-order valence-electron chi connectivity index (χ0n) is 15.0. The smallest absolute Gasteiger partial charge is 0.234 e. The molecule has 0 spiro atoms. The molecule has 25 heavy (non-hydrogen) atoms. The third-order valence-corrected chi connectivity index (χ3v) is 4.49. The van der Waals surface area contributed by atoms with Crippen molar-refractivity contribution in [2.75, 3.05) is 25.0 Å². The number of amides is 2. The number of ether oxygens (including phenoxy) is 1. The normalized spacial score (nSPS) is 23.9. The summed E-state index contributed by atoms with van der Waals surface area (Å²) in [4.78, 5) is 26.2. The lowest BCUT2D eigenvalue weighted by Gasteiger charge is -2.34. The van der Waals surface area contributed by atoms with Crippen LogP contribution < -0.4 is 10.6 Å². The fraction of sp³-hybridized carbons (Fsp3) is 0.579. The summed E-state index contributed by atoms with van der Waals surface area (Å²) >= 11 is 0. The summed E-state index contributed by atoms with van der Waals surface area (Å²) in [5.41, 5.74) is 1.77. The quantitative estimate of drug-likeness (QED) is 0.824. The van der Waals surface area contributed by atoms with E-state index in [-0.39, 0.29) is 29.9 Å². The molecule has 1 saturated carbocycles. The van der Waals surface area contributed by atoms with Crippen molar-refractivity contribution in [2.24, 2.45) is 5.92 Å². The number of morpholine rings is 1. The minimum Gasteiger partial charge on any atom is -0.373 e. The Morgan fingerprint density at radius 3 is 2.60 bits per heavy atom. The highest BCUT2D eigenvalue weighted by Crippen LogP contribution is 2.30. The van der Waals surface area contributed by atoms with Crippen molar-refractivity contribution in [3.05, 3.63) is 29.8 Å². The van der Waals surface area contributed by atoms with Crippen LogP contribution in [0.5, 0.6) is 0 Å². The van der Waals surface area contributed by atoms with Crippen molar-refractivity contribution >= 4 is 17.5 Å². The van der Waals surface area contributed by atoms with Crippen LogP contribution in [-0.4, -0.2) is 48.6 Å². The molecule has 0 aromatic heterocycles. The molecule has 136 valence electrons. The van der Waals surface area contributed by atoms with Gasteiger partial charge in [-0.3, -0.25) is 14.5 Å². The van der Waals surface area contributed by atoms with E-state index >= 15 is 0 Å². The molecule has 1 aromatic rings. The maximum atomic E-state index is 12.2. The van der Waals surface area contributed by atoms with Crippen LogP contribution in [0.3, 0.4) is 0 Å². The molecule has 6 nitrogen and oxygen atoms in total. The largest absolute Gasteiger partial charge is 0.373 e. The number of hydrogen-bond acceptors (Lipinski definition) is 4. The number of rotatable bonds is 6. The Hall–Kier alpha value is -1.92. The van der Waals surface area contributed by atoms with Crippen molar-refractivity contribution < 1.29 is 14.3 Å². The first-order chi connectivity index (χ1) is 12.0. The molecule has 1 saturated heterocycles. The second kappa shape index (κ2) is 7.97. The molecule has 0 radical (unpaired) electrons. The van der Waals surface area contributed by atoms with Crippen molar-refractivity contribution in [3.8, 4) is 0 Å². The number of nitrogens with zero attached hydrogens (tertiary/aromatic N) is 1. The number of anilines is 1. The fourth-order valence-corrected chi connectivity index (χ4v) is 3.22. The van der Waals surface area contributed by atoms with Gasteiger partial charge in [-0.25, -0.2) is 0 Å². The average Bonchev–Trinajstić information content (AvgIpc) is 3.37. The third kappa shape index (κ3) is 5.54.